The van der Waals surface area contributed by atoms with Crippen molar-refractivity contribution in [3.05, 3.63) is 45.7 Å². The standard InChI is InChI=1S/C26H28F4N6O2S2/c1-25(2,3)24-33-11-18(39-24)23(37)32-12-19-35-22(36-38-19)21-14(9-26(28,29)30)13-5-4-6-17(20(13)40-21)34-16-7-8-31-10-15(16)27/h4-6,11,15-16,31,34H,7-10,12H2,1-3H3,(H,32,37)/t15?,16-/m1/s1. The fraction of sp³-hybridized carbons (Fsp3) is 0.462. The van der Waals surface area contributed by atoms with Crippen LogP contribution in [0.25, 0.3) is 20.8 Å². The number of halogens is 4. The second kappa shape index (κ2) is 11.1. The Morgan fingerprint density at radius 3 is 2.73 bits per heavy atom. The molecule has 0 spiro atoms. The maximum absolute atomic E-state index is 14.5. The van der Waals surface area contributed by atoms with Crippen LogP contribution < -0.4 is 16.0 Å². The quantitative estimate of drug-likeness (QED) is 0.230. The Kier molecular flexibility index (Phi) is 7.86. The topological polar surface area (TPSA) is 105 Å². The van der Waals surface area contributed by atoms with Gasteiger partial charge >= 0.3 is 6.18 Å². The summed E-state index contributed by atoms with van der Waals surface area (Å²) in [5.74, 6) is -0.325. The highest BCUT2D eigenvalue weighted by Gasteiger charge is 2.33. The van der Waals surface area contributed by atoms with E-state index in [1.165, 1.54) is 17.5 Å². The minimum absolute atomic E-state index is 0.00584. The molecule has 214 valence electrons. The first kappa shape index (κ1) is 28.4. The van der Waals surface area contributed by atoms with Crippen molar-refractivity contribution in [1.82, 2.24) is 25.8 Å². The number of nitrogens with one attached hydrogen (secondary N) is 3. The highest BCUT2D eigenvalue weighted by molar-refractivity contribution is 7.23. The van der Waals surface area contributed by atoms with Crippen molar-refractivity contribution in [2.24, 2.45) is 0 Å². The van der Waals surface area contributed by atoms with Crippen LogP contribution in [0.1, 0.15) is 53.3 Å². The van der Waals surface area contributed by atoms with E-state index in [-0.39, 0.29) is 46.6 Å². The van der Waals surface area contributed by atoms with Crippen molar-refractivity contribution in [2.75, 3.05) is 18.4 Å². The molecule has 0 bridgehead atoms. The van der Waals surface area contributed by atoms with Crippen LogP contribution in [0.15, 0.2) is 28.9 Å². The number of thiophene rings is 1. The number of piperidine rings is 1. The van der Waals surface area contributed by atoms with E-state index in [0.717, 1.165) is 16.3 Å². The van der Waals surface area contributed by atoms with Gasteiger partial charge in [-0.25, -0.2) is 9.37 Å². The normalized spacial score (nSPS) is 18.3. The molecule has 8 nitrogen and oxygen atoms in total. The average molecular weight is 597 g/mol. The fourth-order valence-corrected chi connectivity index (χ4v) is 6.52. The molecule has 0 aliphatic carbocycles. The van der Waals surface area contributed by atoms with E-state index >= 15 is 0 Å². The first-order valence-corrected chi connectivity index (χ1v) is 14.3. The van der Waals surface area contributed by atoms with Crippen LogP contribution in [-0.2, 0) is 18.4 Å². The number of anilines is 1. The monoisotopic (exact) mass is 596 g/mol. The number of thiazole rings is 1. The van der Waals surface area contributed by atoms with Crippen molar-refractivity contribution < 1.29 is 26.9 Å². The van der Waals surface area contributed by atoms with Crippen molar-refractivity contribution in [2.45, 2.75) is 64.0 Å². The molecule has 2 atom stereocenters. The number of carbonyl (C=O) groups is 1. The number of fused-ring (bicyclic) bond motifs is 1. The number of hydrogen-bond acceptors (Lipinski definition) is 9. The summed E-state index contributed by atoms with van der Waals surface area (Å²) in [5.41, 5.74) is 0.385. The molecule has 1 saturated heterocycles. The van der Waals surface area contributed by atoms with Crippen LogP contribution in [0.5, 0.6) is 0 Å². The van der Waals surface area contributed by atoms with E-state index in [2.05, 4.69) is 31.1 Å². The lowest BCUT2D eigenvalue weighted by Gasteiger charge is -2.28. The third kappa shape index (κ3) is 6.28. The van der Waals surface area contributed by atoms with E-state index in [4.69, 9.17) is 4.52 Å². The molecule has 3 aromatic heterocycles. The first-order valence-electron chi connectivity index (χ1n) is 12.7. The van der Waals surface area contributed by atoms with E-state index in [1.54, 1.807) is 18.2 Å². The lowest BCUT2D eigenvalue weighted by Crippen LogP contribution is -2.45. The summed E-state index contributed by atoms with van der Waals surface area (Å²) in [5, 5.41) is 14.0. The lowest BCUT2D eigenvalue weighted by molar-refractivity contribution is -0.126. The summed E-state index contributed by atoms with van der Waals surface area (Å²) in [4.78, 5) is 21.8. The van der Waals surface area contributed by atoms with Crippen LogP contribution in [0.4, 0.5) is 23.2 Å². The molecule has 0 radical (unpaired) electrons. The maximum Gasteiger partial charge on any atom is 0.393 e. The SMILES string of the molecule is CC(C)(C)c1ncc(C(=O)NCc2nc(-c3sc4c(N[C@@H]5CCNCC5F)cccc4c3CC(F)(F)F)no2)s1. The van der Waals surface area contributed by atoms with Crippen molar-refractivity contribution in [3.8, 4) is 10.7 Å². The van der Waals surface area contributed by atoms with Crippen LogP contribution in [0, 0.1) is 0 Å². The number of hydrogen-bond donors (Lipinski definition) is 3. The average Bonchev–Trinajstić information content (AvgIpc) is 3.62. The molecule has 1 aliphatic heterocycles. The zero-order chi connectivity index (χ0) is 28.7. The highest BCUT2D eigenvalue weighted by Crippen LogP contribution is 2.43. The van der Waals surface area contributed by atoms with Crippen molar-refractivity contribution >= 4 is 44.4 Å². The van der Waals surface area contributed by atoms with Crippen LogP contribution in [0.2, 0.25) is 0 Å². The zero-order valence-electron chi connectivity index (χ0n) is 22.0. The zero-order valence-corrected chi connectivity index (χ0v) is 23.6. The summed E-state index contributed by atoms with van der Waals surface area (Å²) in [7, 11) is 0. The Bertz CT molecular complexity index is 1510. The van der Waals surface area contributed by atoms with Gasteiger partial charge in [0.25, 0.3) is 5.91 Å². The van der Waals surface area contributed by atoms with Crippen molar-refractivity contribution in [3.63, 3.8) is 0 Å². The first-order chi connectivity index (χ1) is 18.9. The summed E-state index contributed by atoms with van der Waals surface area (Å²) in [6, 6.07) is 4.54. The smallest absolute Gasteiger partial charge is 0.378 e. The van der Waals surface area contributed by atoms with E-state index in [1.807, 2.05) is 20.8 Å². The summed E-state index contributed by atoms with van der Waals surface area (Å²) in [6.45, 7) is 6.75. The number of amides is 1. The van der Waals surface area contributed by atoms with Gasteiger partial charge < -0.3 is 20.5 Å². The van der Waals surface area contributed by atoms with E-state index < -0.39 is 24.8 Å². The third-order valence-electron chi connectivity index (χ3n) is 6.39. The summed E-state index contributed by atoms with van der Waals surface area (Å²) < 4.78 is 61.2. The van der Waals surface area contributed by atoms with Gasteiger partial charge in [0.2, 0.25) is 11.7 Å². The molecule has 3 N–H and O–H groups in total. The van der Waals surface area contributed by atoms with Gasteiger partial charge in [-0.15, -0.1) is 22.7 Å². The number of carbonyl (C=O) groups excluding carboxylic acids is 1. The largest absolute Gasteiger partial charge is 0.393 e. The highest BCUT2D eigenvalue weighted by atomic mass is 32.1. The predicted molar refractivity (Wildman–Crippen MR) is 147 cm³/mol. The second-order valence-electron chi connectivity index (χ2n) is 10.6. The minimum atomic E-state index is -4.48. The summed E-state index contributed by atoms with van der Waals surface area (Å²) in [6.07, 6.45) is -4.75. The number of rotatable bonds is 7. The molecule has 4 aromatic rings. The molecule has 1 amide bonds. The van der Waals surface area contributed by atoms with Crippen molar-refractivity contribution in [1.29, 1.82) is 0 Å². The van der Waals surface area contributed by atoms with Crippen LogP contribution in [0.3, 0.4) is 0 Å². The van der Waals surface area contributed by atoms with Crippen LogP contribution >= 0.6 is 22.7 Å². The number of alkyl halides is 4. The fourth-order valence-electron chi connectivity index (χ4n) is 4.41. The Morgan fingerprint density at radius 1 is 1.23 bits per heavy atom. The Hall–Kier alpha value is -3.10. The minimum Gasteiger partial charge on any atom is -0.378 e. The van der Waals surface area contributed by atoms with Gasteiger partial charge in [0.15, 0.2) is 0 Å². The predicted octanol–water partition coefficient (Wildman–Crippen LogP) is 5.85. The molecule has 14 heteroatoms. The Labute approximate surface area is 235 Å². The second-order valence-corrected chi connectivity index (χ2v) is 12.7. The molecule has 1 aromatic carbocycles. The molecule has 1 aliphatic rings. The summed E-state index contributed by atoms with van der Waals surface area (Å²) >= 11 is 2.38. The van der Waals surface area contributed by atoms with E-state index in [0.29, 0.717) is 33.6 Å². The van der Waals surface area contributed by atoms with Gasteiger partial charge in [0.05, 0.1) is 45.5 Å². The van der Waals surface area contributed by atoms with Gasteiger partial charge in [-0.05, 0) is 30.0 Å². The molecular weight excluding hydrogens is 568 g/mol. The number of benzene rings is 1. The number of nitrogens with zero attached hydrogens (tertiary/aromatic N) is 3. The van der Waals surface area contributed by atoms with Gasteiger partial charge in [-0.3, -0.25) is 4.79 Å². The van der Waals surface area contributed by atoms with E-state index in [9.17, 15) is 22.4 Å². The Balaban J connectivity index is 1.40. The molecule has 0 saturated carbocycles. The molecule has 1 fully saturated rings. The molecule has 5 rings (SSSR count). The Morgan fingerprint density at radius 2 is 2.02 bits per heavy atom. The van der Waals surface area contributed by atoms with Crippen LogP contribution in [-0.4, -0.2) is 52.5 Å². The maximum atomic E-state index is 14.5. The van der Waals surface area contributed by atoms with Gasteiger partial charge in [-0.1, -0.05) is 38.1 Å². The lowest BCUT2D eigenvalue weighted by atomic mass is 9.98. The van der Waals surface area contributed by atoms with Gasteiger partial charge in [-0.2, -0.15) is 18.2 Å². The third-order valence-corrected chi connectivity index (χ3v) is 9.09. The molecule has 4 heterocycles. The van der Waals surface area contributed by atoms with Gasteiger partial charge in [0.1, 0.15) is 11.0 Å². The number of aromatic nitrogens is 3. The molecular formula is C26H28F4N6O2S2. The molecule has 40 heavy (non-hydrogen) atoms. The van der Waals surface area contributed by atoms with Gasteiger partial charge in [0, 0.05) is 12.0 Å². The molecule has 1 unspecified atom stereocenters.